The van der Waals surface area contributed by atoms with E-state index in [4.69, 9.17) is 23.2 Å². The molecule has 10 nitrogen and oxygen atoms in total. The molecule has 0 unspecified atom stereocenters. The summed E-state index contributed by atoms with van der Waals surface area (Å²) in [5.41, 5.74) is 1.20. The van der Waals surface area contributed by atoms with Crippen LogP contribution in [0.4, 0.5) is 11.4 Å². The Labute approximate surface area is 255 Å². The summed E-state index contributed by atoms with van der Waals surface area (Å²) in [5, 5.41) is 14.8. The predicted molar refractivity (Wildman–Crippen MR) is 164 cm³/mol. The van der Waals surface area contributed by atoms with E-state index in [1.54, 1.807) is 25.1 Å². The number of non-ortho nitro benzene ring substituents is 1. The number of carbonyl (C=O) groups is 2. The molecule has 3 rings (SSSR count). The van der Waals surface area contributed by atoms with Gasteiger partial charge in [-0.1, -0.05) is 72.6 Å². The van der Waals surface area contributed by atoms with Gasteiger partial charge in [-0.2, -0.15) is 0 Å². The first-order valence-electron chi connectivity index (χ1n) is 13.1. The quantitative estimate of drug-likeness (QED) is 0.205. The van der Waals surface area contributed by atoms with Gasteiger partial charge >= 0.3 is 0 Å². The lowest BCUT2D eigenvalue weighted by molar-refractivity contribution is -0.384. The monoisotopic (exact) mass is 634 g/mol. The number of rotatable bonds is 13. The summed E-state index contributed by atoms with van der Waals surface area (Å²) in [7, 11) is -4.11. The molecule has 0 radical (unpaired) electrons. The van der Waals surface area contributed by atoms with Crippen molar-refractivity contribution in [1.82, 2.24) is 10.2 Å². The minimum absolute atomic E-state index is 0.0224. The molecule has 0 aromatic heterocycles. The average molecular weight is 636 g/mol. The van der Waals surface area contributed by atoms with Gasteiger partial charge in [0.2, 0.25) is 21.8 Å². The second-order valence-electron chi connectivity index (χ2n) is 9.72. The summed E-state index contributed by atoms with van der Waals surface area (Å²) in [4.78, 5) is 39.8. The van der Waals surface area contributed by atoms with Crippen LogP contribution in [0.1, 0.15) is 30.0 Å². The molecule has 0 aliphatic rings. The first kappa shape index (κ1) is 32.8. The Balaban J connectivity index is 2.14. The van der Waals surface area contributed by atoms with Crippen molar-refractivity contribution >= 4 is 56.4 Å². The maximum atomic E-state index is 14.2. The van der Waals surface area contributed by atoms with E-state index in [9.17, 15) is 28.1 Å². The van der Waals surface area contributed by atoms with Crippen LogP contribution in [0.2, 0.25) is 10.0 Å². The molecule has 0 bridgehead atoms. The van der Waals surface area contributed by atoms with Crippen molar-refractivity contribution in [1.29, 1.82) is 0 Å². The van der Waals surface area contributed by atoms with E-state index in [1.807, 2.05) is 37.3 Å². The number of halogens is 2. The van der Waals surface area contributed by atoms with E-state index in [0.29, 0.717) is 24.1 Å². The van der Waals surface area contributed by atoms with Crippen molar-refractivity contribution in [2.75, 3.05) is 23.7 Å². The van der Waals surface area contributed by atoms with Gasteiger partial charge in [0, 0.05) is 47.3 Å². The second-order valence-corrected chi connectivity index (χ2v) is 12.4. The van der Waals surface area contributed by atoms with Gasteiger partial charge in [0.25, 0.3) is 5.69 Å². The second kappa shape index (κ2) is 14.5. The Morgan fingerprint density at radius 2 is 1.67 bits per heavy atom. The van der Waals surface area contributed by atoms with Crippen LogP contribution >= 0.6 is 23.2 Å². The van der Waals surface area contributed by atoms with Crippen LogP contribution in [0.25, 0.3) is 0 Å². The number of nitrogens with one attached hydrogen (secondary N) is 1. The van der Waals surface area contributed by atoms with Crippen LogP contribution in [0.3, 0.4) is 0 Å². The molecule has 3 aromatic rings. The highest BCUT2D eigenvalue weighted by Gasteiger charge is 2.34. The zero-order valence-electron chi connectivity index (χ0n) is 23.4. The van der Waals surface area contributed by atoms with Gasteiger partial charge in [0.15, 0.2) is 0 Å². The van der Waals surface area contributed by atoms with Crippen LogP contribution in [-0.2, 0) is 32.6 Å². The number of benzene rings is 3. The van der Waals surface area contributed by atoms with Crippen molar-refractivity contribution in [3.05, 3.63) is 104 Å². The van der Waals surface area contributed by atoms with Gasteiger partial charge < -0.3 is 10.2 Å². The Morgan fingerprint density at radius 1 is 1.02 bits per heavy atom. The molecular weight excluding hydrogens is 603 g/mol. The molecule has 0 saturated carbocycles. The summed E-state index contributed by atoms with van der Waals surface area (Å²) < 4.78 is 26.8. The van der Waals surface area contributed by atoms with Crippen molar-refractivity contribution in [2.45, 2.75) is 39.3 Å². The average Bonchev–Trinajstić information content (AvgIpc) is 2.93. The summed E-state index contributed by atoms with van der Waals surface area (Å²) >= 11 is 12.9. The molecule has 0 spiro atoms. The van der Waals surface area contributed by atoms with Crippen LogP contribution in [-0.4, -0.2) is 55.4 Å². The third kappa shape index (κ3) is 8.43. The lowest BCUT2D eigenvalue weighted by Gasteiger charge is -2.34. The van der Waals surface area contributed by atoms with E-state index in [1.165, 1.54) is 17.0 Å². The highest BCUT2D eigenvalue weighted by molar-refractivity contribution is 7.92. The Morgan fingerprint density at radius 3 is 2.24 bits per heavy atom. The molecule has 0 saturated heterocycles. The number of sulfonamides is 1. The number of anilines is 1. The Kier molecular flexibility index (Phi) is 11.3. The van der Waals surface area contributed by atoms with Crippen molar-refractivity contribution < 1.29 is 22.9 Å². The van der Waals surface area contributed by atoms with E-state index < -0.39 is 39.3 Å². The molecule has 3 aromatic carbocycles. The summed E-state index contributed by atoms with van der Waals surface area (Å²) in [6.45, 7) is 2.92. The molecule has 0 fully saturated rings. The van der Waals surface area contributed by atoms with Crippen molar-refractivity contribution in [2.24, 2.45) is 0 Å². The SMILES string of the molecule is CCCNC(=O)[C@@H](Cc1ccccc1)N(Cc1c(Cl)cccc1Cl)C(=O)CN(c1cc([N+](=O)[O-])ccc1C)S(C)(=O)=O. The maximum absolute atomic E-state index is 14.2. The number of hydrogen-bond donors (Lipinski definition) is 1. The van der Waals surface area contributed by atoms with Crippen LogP contribution in [0.15, 0.2) is 66.7 Å². The van der Waals surface area contributed by atoms with E-state index in [-0.39, 0.29) is 34.4 Å². The van der Waals surface area contributed by atoms with Crippen LogP contribution < -0.4 is 9.62 Å². The summed E-state index contributed by atoms with van der Waals surface area (Å²) in [5.74, 6) is -1.16. The molecule has 0 aliphatic heterocycles. The van der Waals surface area contributed by atoms with Crippen LogP contribution in [0, 0.1) is 17.0 Å². The third-order valence-electron chi connectivity index (χ3n) is 6.56. The fraction of sp³-hybridized carbons (Fsp3) is 0.310. The fourth-order valence-electron chi connectivity index (χ4n) is 4.35. The van der Waals surface area contributed by atoms with Gasteiger partial charge in [-0.25, -0.2) is 8.42 Å². The van der Waals surface area contributed by atoms with Gasteiger partial charge in [-0.15, -0.1) is 0 Å². The predicted octanol–water partition coefficient (Wildman–Crippen LogP) is 5.14. The van der Waals surface area contributed by atoms with E-state index in [2.05, 4.69) is 5.32 Å². The normalized spacial score (nSPS) is 11.9. The summed E-state index contributed by atoms with van der Waals surface area (Å²) in [6, 6.07) is 16.6. The lowest BCUT2D eigenvalue weighted by Crippen LogP contribution is -2.53. The molecule has 0 aliphatic carbocycles. The molecule has 1 N–H and O–H groups in total. The molecule has 2 amide bonds. The van der Waals surface area contributed by atoms with E-state index >= 15 is 0 Å². The third-order valence-corrected chi connectivity index (χ3v) is 8.40. The number of aryl methyl sites for hydroxylation is 1. The van der Waals surface area contributed by atoms with Crippen molar-refractivity contribution in [3.63, 3.8) is 0 Å². The fourth-order valence-corrected chi connectivity index (χ4v) is 5.76. The van der Waals surface area contributed by atoms with Gasteiger partial charge in [-0.3, -0.25) is 24.0 Å². The molecule has 13 heteroatoms. The minimum atomic E-state index is -4.11. The zero-order valence-corrected chi connectivity index (χ0v) is 25.7. The smallest absolute Gasteiger partial charge is 0.271 e. The maximum Gasteiger partial charge on any atom is 0.271 e. The highest BCUT2D eigenvalue weighted by atomic mass is 35.5. The first-order valence-corrected chi connectivity index (χ1v) is 15.7. The molecule has 1 atom stereocenters. The standard InChI is InChI=1S/C29H32Cl2N4O6S/c1-4-15-32-29(37)27(16-21-9-6-5-7-10-21)33(18-23-24(30)11-8-12-25(23)31)28(36)19-34(42(3,40)41)26-17-22(35(38)39)14-13-20(26)2/h5-14,17,27H,4,15-16,18-19H2,1-3H3,(H,32,37)/t27-/m1/s1. The van der Waals surface area contributed by atoms with Gasteiger partial charge in [-0.05, 0) is 36.6 Å². The molecular formula is C29H32Cl2N4O6S. The number of carbonyl (C=O) groups excluding carboxylic acids is 2. The number of nitro groups is 1. The molecule has 224 valence electrons. The number of nitrogens with zero attached hydrogens (tertiary/aromatic N) is 3. The van der Waals surface area contributed by atoms with Gasteiger partial charge in [0.1, 0.15) is 12.6 Å². The number of amides is 2. The van der Waals surface area contributed by atoms with Gasteiger partial charge in [0.05, 0.1) is 16.9 Å². The first-order chi connectivity index (χ1) is 19.8. The molecule has 42 heavy (non-hydrogen) atoms. The Hall–Kier alpha value is -3.67. The number of nitro benzene ring substituents is 1. The molecule has 0 heterocycles. The summed E-state index contributed by atoms with van der Waals surface area (Å²) in [6.07, 6.45) is 1.68. The topological polar surface area (TPSA) is 130 Å². The van der Waals surface area contributed by atoms with E-state index in [0.717, 1.165) is 22.2 Å². The minimum Gasteiger partial charge on any atom is -0.354 e. The van der Waals surface area contributed by atoms with Crippen LogP contribution in [0.5, 0.6) is 0 Å². The Bertz CT molecular complexity index is 1530. The largest absolute Gasteiger partial charge is 0.354 e. The highest BCUT2D eigenvalue weighted by Crippen LogP contribution is 2.30. The zero-order chi connectivity index (χ0) is 31.0. The lowest BCUT2D eigenvalue weighted by atomic mass is 10.0. The van der Waals surface area contributed by atoms with Crippen molar-refractivity contribution in [3.8, 4) is 0 Å². The number of hydrogen-bond acceptors (Lipinski definition) is 6.